The van der Waals surface area contributed by atoms with Crippen molar-refractivity contribution in [3.8, 4) is 5.75 Å². The third-order valence-corrected chi connectivity index (χ3v) is 4.24. The van der Waals surface area contributed by atoms with Crippen LogP contribution in [0.4, 0.5) is 4.39 Å². The zero-order valence-corrected chi connectivity index (χ0v) is 13.3. The van der Waals surface area contributed by atoms with Gasteiger partial charge in [0, 0.05) is 11.6 Å². The zero-order valence-electron chi connectivity index (χ0n) is 11.8. The molecule has 2 rings (SSSR count). The average molecular weight is 328 g/mol. The zero-order chi connectivity index (χ0) is 15.4. The van der Waals surface area contributed by atoms with Crippen molar-refractivity contribution in [2.75, 3.05) is 14.2 Å². The lowest BCUT2D eigenvalue weighted by Crippen LogP contribution is -2.21. The number of nitrogens with one attached hydrogen (secondary N) is 1. The molecule has 2 nitrogen and oxygen atoms in total. The number of rotatable bonds is 5. The Balaban J connectivity index is 2.39. The van der Waals surface area contributed by atoms with Crippen molar-refractivity contribution in [1.82, 2.24) is 5.32 Å². The Morgan fingerprint density at radius 1 is 1.19 bits per heavy atom. The van der Waals surface area contributed by atoms with Gasteiger partial charge in [0.05, 0.1) is 17.2 Å². The van der Waals surface area contributed by atoms with E-state index in [1.165, 1.54) is 13.2 Å². The molecule has 0 aromatic heterocycles. The van der Waals surface area contributed by atoms with Crippen LogP contribution in [-0.4, -0.2) is 14.2 Å². The van der Waals surface area contributed by atoms with Crippen molar-refractivity contribution in [1.29, 1.82) is 0 Å². The number of benzene rings is 2. The van der Waals surface area contributed by atoms with Gasteiger partial charge in [-0.25, -0.2) is 4.39 Å². The van der Waals surface area contributed by atoms with Crippen LogP contribution in [0, 0.1) is 5.82 Å². The van der Waals surface area contributed by atoms with Gasteiger partial charge in [-0.2, -0.15) is 0 Å². The molecule has 0 spiro atoms. The molecule has 112 valence electrons. The lowest BCUT2D eigenvalue weighted by molar-refractivity contribution is 0.393. The topological polar surface area (TPSA) is 21.3 Å². The summed E-state index contributed by atoms with van der Waals surface area (Å²) in [6, 6.07) is 9.95. The van der Waals surface area contributed by atoms with Gasteiger partial charge in [0.25, 0.3) is 0 Å². The van der Waals surface area contributed by atoms with Crippen LogP contribution in [0.3, 0.4) is 0 Å². The Kier molecular flexibility index (Phi) is 5.45. The molecule has 1 atom stereocenters. The Bertz CT molecular complexity index is 634. The van der Waals surface area contributed by atoms with Gasteiger partial charge in [-0.05, 0) is 37.2 Å². The van der Waals surface area contributed by atoms with Crippen LogP contribution < -0.4 is 10.1 Å². The summed E-state index contributed by atoms with van der Waals surface area (Å²) in [6.45, 7) is 0. The van der Waals surface area contributed by atoms with Crippen LogP contribution in [0.2, 0.25) is 10.0 Å². The van der Waals surface area contributed by atoms with Crippen LogP contribution in [-0.2, 0) is 6.42 Å². The summed E-state index contributed by atoms with van der Waals surface area (Å²) in [5, 5.41) is 4.09. The van der Waals surface area contributed by atoms with Gasteiger partial charge in [-0.15, -0.1) is 0 Å². The van der Waals surface area contributed by atoms with Gasteiger partial charge >= 0.3 is 0 Å². The fourth-order valence-corrected chi connectivity index (χ4v) is 2.71. The minimum atomic E-state index is -0.313. The highest BCUT2D eigenvalue weighted by molar-refractivity contribution is 6.42. The van der Waals surface area contributed by atoms with Gasteiger partial charge in [0.2, 0.25) is 0 Å². The second kappa shape index (κ2) is 7.12. The molecule has 5 heteroatoms. The Hall–Kier alpha value is -1.29. The third-order valence-electron chi connectivity index (χ3n) is 3.39. The molecule has 1 N–H and O–H groups in total. The first-order valence-electron chi connectivity index (χ1n) is 6.51. The second-order valence-corrected chi connectivity index (χ2v) is 5.40. The molecule has 0 bridgehead atoms. The largest absolute Gasteiger partial charge is 0.496 e. The highest BCUT2D eigenvalue weighted by Crippen LogP contribution is 2.33. The molecule has 0 radical (unpaired) electrons. The molecule has 0 aliphatic heterocycles. The predicted octanol–water partition coefficient (Wildman–Crippen LogP) is 4.64. The normalized spacial score (nSPS) is 12.2. The molecule has 0 saturated carbocycles. The number of ether oxygens (including phenoxy) is 1. The predicted molar refractivity (Wildman–Crippen MR) is 84.9 cm³/mol. The lowest BCUT2D eigenvalue weighted by Gasteiger charge is -2.21. The first kappa shape index (κ1) is 16.1. The summed E-state index contributed by atoms with van der Waals surface area (Å²) in [7, 11) is 3.30. The summed E-state index contributed by atoms with van der Waals surface area (Å²) in [6.07, 6.45) is 0.507. The lowest BCUT2D eigenvalue weighted by atomic mass is 9.97. The molecular weight excluding hydrogens is 312 g/mol. The minimum absolute atomic E-state index is 0.267. The molecule has 0 aliphatic rings. The fraction of sp³-hybridized carbons (Fsp3) is 0.250. The van der Waals surface area contributed by atoms with Crippen molar-refractivity contribution < 1.29 is 9.13 Å². The van der Waals surface area contributed by atoms with Crippen LogP contribution in [0.5, 0.6) is 5.75 Å². The van der Waals surface area contributed by atoms with Crippen LogP contribution in [0.25, 0.3) is 0 Å². The van der Waals surface area contributed by atoms with Gasteiger partial charge < -0.3 is 10.1 Å². The van der Waals surface area contributed by atoms with Crippen LogP contribution in [0.15, 0.2) is 36.4 Å². The number of halogens is 3. The summed E-state index contributed by atoms with van der Waals surface area (Å²) < 4.78 is 19.4. The highest BCUT2D eigenvalue weighted by Gasteiger charge is 2.20. The fourth-order valence-electron chi connectivity index (χ4n) is 2.31. The SMILES string of the molecule is CNC(Cc1cccc(Cl)c1Cl)c1c(F)cccc1OC. The van der Waals surface area contributed by atoms with Gasteiger partial charge in [0.1, 0.15) is 11.6 Å². The summed E-state index contributed by atoms with van der Waals surface area (Å²) in [5.41, 5.74) is 1.34. The Morgan fingerprint density at radius 3 is 2.57 bits per heavy atom. The van der Waals surface area contributed by atoms with Crippen molar-refractivity contribution in [2.45, 2.75) is 12.5 Å². The van der Waals surface area contributed by atoms with E-state index >= 15 is 0 Å². The van der Waals surface area contributed by atoms with Gasteiger partial charge in [-0.1, -0.05) is 41.4 Å². The van der Waals surface area contributed by atoms with E-state index in [1.54, 1.807) is 25.2 Å². The standard InChI is InChI=1S/C16H16Cl2FNO/c1-20-13(9-10-5-3-6-11(17)16(10)18)15-12(19)7-4-8-14(15)21-2/h3-8,13,20H,9H2,1-2H3. The molecule has 2 aromatic rings. The van der Waals surface area contributed by atoms with E-state index < -0.39 is 0 Å². The first-order chi connectivity index (χ1) is 10.1. The molecular formula is C16H16Cl2FNO. The molecule has 1 unspecified atom stereocenters. The van der Waals surface area contributed by atoms with Crippen molar-refractivity contribution in [2.24, 2.45) is 0 Å². The number of hydrogen-bond donors (Lipinski definition) is 1. The summed E-state index contributed by atoms with van der Waals surface area (Å²) in [5.74, 6) is 0.194. The van der Waals surface area contributed by atoms with E-state index in [9.17, 15) is 4.39 Å². The summed E-state index contributed by atoms with van der Waals surface area (Å²) in [4.78, 5) is 0. The quantitative estimate of drug-likeness (QED) is 0.863. The first-order valence-corrected chi connectivity index (χ1v) is 7.26. The van der Waals surface area contributed by atoms with Gasteiger partial charge in [0.15, 0.2) is 0 Å². The number of hydrogen-bond acceptors (Lipinski definition) is 2. The number of likely N-dealkylation sites (N-methyl/N-ethyl adjacent to an activating group) is 1. The van der Waals surface area contributed by atoms with Crippen molar-refractivity contribution in [3.05, 3.63) is 63.4 Å². The molecule has 0 saturated heterocycles. The molecule has 0 amide bonds. The van der Waals surface area contributed by atoms with E-state index in [1.807, 2.05) is 12.1 Å². The maximum atomic E-state index is 14.2. The molecule has 21 heavy (non-hydrogen) atoms. The molecule has 0 fully saturated rings. The smallest absolute Gasteiger partial charge is 0.131 e. The average Bonchev–Trinajstić information content (AvgIpc) is 2.49. The Labute approximate surface area is 133 Å². The van der Waals surface area contributed by atoms with Crippen LogP contribution in [0.1, 0.15) is 17.2 Å². The van der Waals surface area contributed by atoms with E-state index in [4.69, 9.17) is 27.9 Å². The molecule has 0 heterocycles. The molecule has 0 aliphatic carbocycles. The third kappa shape index (κ3) is 3.49. The number of methoxy groups -OCH3 is 1. The minimum Gasteiger partial charge on any atom is -0.496 e. The molecule has 2 aromatic carbocycles. The van der Waals surface area contributed by atoms with Gasteiger partial charge in [-0.3, -0.25) is 0 Å². The van der Waals surface area contributed by atoms with E-state index in [2.05, 4.69) is 5.32 Å². The Morgan fingerprint density at radius 2 is 1.90 bits per heavy atom. The maximum absolute atomic E-state index is 14.2. The van der Waals surface area contributed by atoms with E-state index in [0.717, 1.165) is 5.56 Å². The van der Waals surface area contributed by atoms with Crippen molar-refractivity contribution >= 4 is 23.2 Å². The van der Waals surface area contributed by atoms with E-state index in [0.29, 0.717) is 27.8 Å². The van der Waals surface area contributed by atoms with Crippen LogP contribution >= 0.6 is 23.2 Å². The highest BCUT2D eigenvalue weighted by atomic mass is 35.5. The second-order valence-electron chi connectivity index (χ2n) is 4.61. The van der Waals surface area contributed by atoms with Crippen molar-refractivity contribution in [3.63, 3.8) is 0 Å². The monoisotopic (exact) mass is 327 g/mol. The van der Waals surface area contributed by atoms with E-state index in [-0.39, 0.29) is 11.9 Å². The summed E-state index contributed by atoms with van der Waals surface area (Å²) >= 11 is 12.2. The maximum Gasteiger partial charge on any atom is 0.131 e.